The molecule has 32 heavy (non-hydrogen) atoms. The Balaban J connectivity index is 1.56. The molecule has 0 aliphatic carbocycles. The third kappa shape index (κ3) is 5.14. The van der Waals surface area contributed by atoms with Crippen molar-refractivity contribution in [1.29, 1.82) is 0 Å². The Bertz CT molecular complexity index is 1070. The summed E-state index contributed by atoms with van der Waals surface area (Å²) in [6.45, 7) is 9.29. The van der Waals surface area contributed by atoms with Gasteiger partial charge in [0.2, 0.25) is 5.91 Å². The minimum absolute atomic E-state index is 0.0622. The second-order valence-electron chi connectivity index (χ2n) is 8.43. The van der Waals surface area contributed by atoms with Crippen molar-refractivity contribution in [2.45, 2.75) is 39.7 Å². The first-order valence-electron chi connectivity index (χ1n) is 11.6. The standard InChI is InChI=1S/C24H33N7O/c1-4-30(5-2)17-24(32)28-23-13-21-18(14-25-23)9-10-20(27-21)19-15-26-29(3)22(19)16-31-11-7-6-8-12-31/h9-10,13-15H,4-8,11-12,16-17H2,1-3H3,(H,25,28,32). The van der Waals surface area contributed by atoms with Crippen molar-refractivity contribution in [3.05, 3.63) is 36.3 Å². The van der Waals surface area contributed by atoms with E-state index in [1.54, 1.807) is 6.20 Å². The summed E-state index contributed by atoms with van der Waals surface area (Å²) < 4.78 is 1.96. The molecule has 4 heterocycles. The fraction of sp³-hybridized carbons (Fsp3) is 0.500. The molecule has 0 unspecified atom stereocenters. The van der Waals surface area contributed by atoms with Crippen molar-refractivity contribution in [3.8, 4) is 11.3 Å². The Morgan fingerprint density at radius 1 is 1.12 bits per heavy atom. The maximum absolute atomic E-state index is 12.4. The van der Waals surface area contributed by atoms with Crippen LogP contribution < -0.4 is 5.32 Å². The van der Waals surface area contributed by atoms with Crippen molar-refractivity contribution in [3.63, 3.8) is 0 Å². The van der Waals surface area contributed by atoms with Crippen LogP contribution in [0.25, 0.3) is 22.2 Å². The minimum Gasteiger partial charge on any atom is -0.310 e. The number of aryl methyl sites for hydroxylation is 1. The van der Waals surface area contributed by atoms with Crippen LogP contribution in [0.4, 0.5) is 5.82 Å². The van der Waals surface area contributed by atoms with Gasteiger partial charge < -0.3 is 5.32 Å². The molecular formula is C24H33N7O. The second kappa shape index (κ2) is 10.2. The number of hydrogen-bond acceptors (Lipinski definition) is 6. The monoisotopic (exact) mass is 435 g/mol. The number of likely N-dealkylation sites (N-methyl/N-ethyl adjacent to an activating group) is 1. The topological polar surface area (TPSA) is 79.2 Å². The van der Waals surface area contributed by atoms with Gasteiger partial charge in [0.25, 0.3) is 0 Å². The number of nitrogens with one attached hydrogen (secondary N) is 1. The summed E-state index contributed by atoms with van der Waals surface area (Å²) in [5.74, 6) is 0.465. The zero-order valence-corrected chi connectivity index (χ0v) is 19.3. The van der Waals surface area contributed by atoms with E-state index in [9.17, 15) is 4.79 Å². The van der Waals surface area contributed by atoms with E-state index in [2.05, 4.69) is 39.0 Å². The van der Waals surface area contributed by atoms with Gasteiger partial charge >= 0.3 is 0 Å². The summed E-state index contributed by atoms with van der Waals surface area (Å²) in [4.78, 5) is 26.2. The molecule has 1 N–H and O–H groups in total. The third-order valence-corrected chi connectivity index (χ3v) is 6.26. The number of hydrogen-bond donors (Lipinski definition) is 1. The Morgan fingerprint density at radius 3 is 2.66 bits per heavy atom. The summed E-state index contributed by atoms with van der Waals surface area (Å²) in [6, 6.07) is 5.91. The van der Waals surface area contributed by atoms with Crippen molar-refractivity contribution in [1.82, 2.24) is 29.5 Å². The molecule has 4 rings (SSSR count). The molecule has 0 radical (unpaired) electrons. The smallest absolute Gasteiger partial charge is 0.239 e. The second-order valence-corrected chi connectivity index (χ2v) is 8.43. The number of aromatic nitrogens is 4. The fourth-order valence-electron chi connectivity index (χ4n) is 4.26. The first-order valence-corrected chi connectivity index (χ1v) is 11.6. The summed E-state index contributed by atoms with van der Waals surface area (Å²) in [6.07, 6.45) is 7.51. The van der Waals surface area contributed by atoms with Gasteiger partial charge in [0.05, 0.1) is 29.6 Å². The molecule has 0 aromatic carbocycles. The molecule has 3 aromatic rings. The molecule has 0 atom stereocenters. The van der Waals surface area contributed by atoms with Crippen LogP contribution in [0.15, 0.2) is 30.6 Å². The number of anilines is 1. The highest BCUT2D eigenvalue weighted by Gasteiger charge is 2.18. The zero-order chi connectivity index (χ0) is 22.5. The number of carbonyl (C=O) groups is 1. The van der Waals surface area contributed by atoms with E-state index in [1.165, 1.54) is 25.0 Å². The van der Waals surface area contributed by atoms with Crippen molar-refractivity contribution in [2.24, 2.45) is 7.05 Å². The third-order valence-electron chi connectivity index (χ3n) is 6.26. The minimum atomic E-state index is -0.0622. The Hall–Kier alpha value is -2.84. The van der Waals surface area contributed by atoms with Gasteiger partial charge in [-0.2, -0.15) is 5.10 Å². The predicted molar refractivity (Wildman–Crippen MR) is 127 cm³/mol. The van der Waals surface area contributed by atoms with Crippen LogP contribution in [0, 0.1) is 0 Å². The molecule has 1 saturated heterocycles. The molecule has 0 bridgehead atoms. The first-order chi connectivity index (χ1) is 15.6. The Kier molecular flexibility index (Phi) is 7.12. The van der Waals surface area contributed by atoms with Gasteiger partial charge in [-0.05, 0) is 51.2 Å². The molecule has 8 heteroatoms. The van der Waals surface area contributed by atoms with Gasteiger partial charge in [0, 0.05) is 36.8 Å². The van der Waals surface area contributed by atoms with Crippen LogP contribution in [0.3, 0.4) is 0 Å². The largest absolute Gasteiger partial charge is 0.310 e. The molecule has 3 aromatic heterocycles. The van der Waals surface area contributed by atoms with E-state index in [0.717, 1.165) is 54.9 Å². The Morgan fingerprint density at radius 2 is 1.91 bits per heavy atom. The molecule has 1 fully saturated rings. The number of pyridine rings is 2. The molecule has 8 nitrogen and oxygen atoms in total. The molecule has 1 aliphatic rings. The fourth-order valence-corrected chi connectivity index (χ4v) is 4.26. The van der Waals surface area contributed by atoms with E-state index < -0.39 is 0 Å². The van der Waals surface area contributed by atoms with Crippen molar-refractivity contribution in [2.75, 3.05) is 38.0 Å². The van der Waals surface area contributed by atoms with Crippen molar-refractivity contribution >= 4 is 22.6 Å². The van der Waals surface area contributed by atoms with Crippen LogP contribution in [0.1, 0.15) is 38.8 Å². The lowest BCUT2D eigenvalue weighted by Gasteiger charge is -2.26. The number of nitrogens with zero attached hydrogens (tertiary/aromatic N) is 6. The first kappa shape index (κ1) is 22.4. The summed E-state index contributed by atoms with van der Waals surface area (Å²) in [5.41, 5.74) is 3.94. The van der Waals surface area contributed by atoms with Gasteiger partial charge in [0.15, 0.2) is 0 Å². The van der Waals surface area contributed by atoms with Gasteiger partial charge in [-0.1, -0.05) is 20.3 Å². The summed E-state index contributed by atoms with van der Waals surface area (Å²) in [7, 11) is 2.00. The van der Waals surface area contributed by atoms with E-state index in [1.807, 2.05) is 36.1 Å². The number of fused-ring (bicyclic) bond motifs is 1. The highest BCUT2D eigenvalue weighted by Crippen LogP contribution is 2.26. The van der Waals surface area contributed by atoms with Crippen molar-refractivity contribution < 1.29 is 4.79 Å². The van der Waals surface area contributed by atoms with Gasteiger partial charge in [-0.25, -0.2) is 9.97 Å². The quantitative estimate of drug-likeness (QED) is 0.585. The summed E-state index contributed by atoms with van der Waals surface area (Å²) >= 11 is 0. The van der Waals surface area contributed by atoms with E-state index >= 15 is 0 Å². The molecule has 0 saturated carbocycles. The average molecular weight is 436 g/mol. The number of likely N-dealkylation sites (tertiary alicyclic amines) is 1. The number of amides is 1. The highest BCUT2D eigenvalue weighted by molar-refractivity contribution is 5.93. The van der Waals surface area contributed by atoms with Gasteiger partial charge in [-0.15, -0.1) is 0 Å². The molecule has 0 spiro atoms. The lowest BCUT2D eigenvalue weighted by molar-refractivity contribution is -0.117. The van der Waals surface area contributed by atoms with Crippen LogP contribution in [0.5, 0.6) is 0 Å². The van der Waals surface area contributed by atoms with Crippen LogP contribution in [0.2, 0.25) is 0 Å². The lowest BCUT2D eigenvalue weighted by atomic mass is 10.1. The SMILES string of the molecule is CCN(CC)CC(=O)Nc1cc2nc(-c3cnn(C)c3CN3CCCCC3)ccc2cn1. The summed E-state index contributed by atoms with van der Waals surface area (Å²) in [5, 5.41) is 8.36. The number of carbonyl (C=O) groups excluding carboxylic acids is 1. The molecular weight excluding hydrogens is 402 g/mol. The average Bonchev–Trinajstić information content (AvgIpc) is 3.17. The normalized spacial score (nSPS) is 14.9. The maximum Gasteiger partial charge on any atom is 0.239 e. The number of rotatable bonds is 8. The highest BCUT2D eigenvalue weighted by atomic mass is 16.2. The maximum atomic E-state index is 12.4. The number of piperidine rings is 1. The zero-order valence-electron chi connectivity index (χ0n) is 19.3. The molecule has 1 amide bonds. The Labute approximate surface area is 189 Å². The molecule has 1 aliphatic heterocycles. The van der Waals surface area contributed by atoms with E-state index in [-0.39, 0.29) is 5.91 Å². The van der Waals surface area contributed by atoms with Crippen LogP contribution in [-0.2, 0) is 18.4 Å². The predicted octanol–water partition coefficient (Wildman–Crippen LogP) is 3.30. The van der Waals surface area contributed by atoms with E-state index in [4.69, 9.17) is 4.98 Å². The lowest BCUT2D eigenvalue weighted by Crippen LogP contribution is -2.33. The van der Waals surface area contributed by atoms with E-state index in [0.29, 0.717) is 12.4 Å². The van der Waals surface area contributed by atoms with Gasteiger partial charge in [0.1, 0.15) is 5.82 Å². The van der Waals surface area contributed by atoms with Crippen LogP contribution >= 0.6 is 0 Å². The van der Waals surface area contributed by atoms with Crippen LogP contribution in [-0.4, -0.2) is 68.2 Å². The van der Waals surface area contributed by atoms with Gasteiger partial charge in [-0.3, -0.25) is 19.3 Å². The molecule has 170 valence electrons.